The van der Waals surface area contributed by atoms with E-state index in [-0.39, 0.29) is 0 Å². The van der Waals surface area contributed by atoms with Gasteiger partial charge in [-0.2, -0.15) is 0 Å². The van der Waals surface area contributed by atoms with Crippen LogP contribution in [0.2, 0.25) is 0 Å². The summed E-state index contributed by atoms with van der Waals surface area (Å²) in [6.45, 7) is 0. The fraction of sp³-hybridized carbons (Fsp3) is 0.0769. The molecule has 3 aromatic rings. The molecule has 3 rings (SSSR count). The van der Waals surface area contributed by atoms with Crippen molar-refractivity contribution in [2.24, 2.45) is 12.2 Å². The largest absolute Gasteiger partial charge is 0.344 e. The van der Waals surface area contributed by atoms with Crippen LogP contribution in [0.25, 0.3) is 21.8 Å². The molecule has 0 saturated heterocycles. The second-order valence-electron chi connectivity index (χ2n) is 3.87. The van der Waals surface area contributed by atoms with E-state index in [2.05, 4.69) is 21.9 Å². The summed E-state index contributed by atoms with van der Waals surface area (Å²) in [5.41, 5.74) is 2.76. The van der Waals surface area contributed by atoms with Gasteiger partial charge in [0.25, 0.3) is 0 Å². The minimum absolute atomic E-state index is 0.476. The van der Waals surface area contributed by atoms with E-state index in [0.29, 0.717) is 5.69 Å². The van der Waals surface area contributed by atoms with Gasteiger partial charge in [0.05, 0.1) is 0 Å². The highest BCUT2D eigenvalue weighted by atomic mass is 16.3. The maximum absolute atomic E-state index is 10.5. The summed E-state index contributed by atoms with van der Waals surface area (Å²) < 4.78 is 2.12. The maximum Gasteiger partial charge on any atom is 0.108 e. The van der Waals surface area contributed by atoms with E-state index >= 15 is 0 Å². The highest BCUT2D eigenvalue weighted by Crippen LogP contribution is 2.30. The predicted octanol–water partition coefficient (Wildman–Crippen LogP) is 3.73. The van der Waals surface area contributed by atoms with Crippen LogP contribution >= 0.6 is 0 Å². The number of rotatable bonds is 1. The lowest BCUT2D eigenvalue weighted by Gasteiger charge is -1.96. The highest BCUT2D eigenvalue weighted by Gasteiger charge is 2.07. The van der Waals surface area contributed by atoms with Crippen molar-refractivity contribution in [2.75, 3.05) is 0 Å². The number of aromatic nitrogens is 1. The number of benzene rings is 2. The number of nitrogens with zero attached hydrogens (tertiary/aromatic N) is 2. The van der Waals surface area contributed by atoms with E-state index in [1.807, 2.05) is 31.3 Å². The Hall–Kier alpha value is -2.16. The van der Waals surface area contributed by atoms with Crippen LogP contribution < -0.4 is 0 Å². The minimum atomic E-state index is 0.476. The molecule has 0 spiro atoms. The van der Waals surface area contributed by atoms with E-state index in [9.17, 15) is 4.91 Å². The van der Waals surface area contributed by atoms with Gasteiger partial charge in [0, 0.05) is 28.9 Å². The maximum atomic E-state index is 10.5. The van der Waals surface area contributed by atoms with E-state index in [0.717, 1.165) is 16.3 Å². The SMILES string of the molecule is Cn1c2ccccc2c2cc(N=O)ccc21. The van der Waals surface area contributed by atoms with Gasteiger partial charge < -0.3 is 4.57 Å². The second kappa shape index (κ2) is 3.17. The zero-order chi connectivity index (χ0) is 11.1. The van der Waals surface area contributed by atoms with Crippen LogP contribution in [0.15, 0.2) is 47.6 Å². The van der Waals surface area contributed by atoms with Gasteiger partial charge in [0.2, 0.25) is 0 Å². The van der Waals surface area contributed by atoms with Crippen LogP contribution in [0.5, 0.6) is 0 Å². The first-order valence-electron chi connectivity index (χ1n) is 5.12. The topological polar surface area (TPSA) is 34.4 Å². The third-order valence-electron chi connectivity index (χ3n) is 3.00. The normalized spacial score (nSPS) is 11.1. The standard InChI is InChI=1S/C13H10N2O/c1-15-12-5-3-2-4-10(12)11-8-9(14-16)6-7-13(11)15/h2-8H,1H3. The summed E-state index contributed by atoms with van der Waals surface area (Å²) in [6.07, 6.45) is 0. The Morgan fingerprint density at radius 3 is 2.56 bits per heavy atom. The Morgan fingerprint density at radius 1 is 1.00 bits per heavy atom. The van der Waals surface area contributed by atoms with Crippen LogP contribution in [0.3, 0.4) is 0 Å². The third kappa shape index (κ3) is 1.08. The Bertz CT molecular complexity index is 698. The van der Waals surface area contributed by atoms with Gasteiger partial charge in [-0.3, -0.25) is 0 Å². The predicted molar refractivity (Wildman–Crippen MR) is 65.9 cm³/mol. The summed E-state index contributed by atoms with van der Waals surface area (Å²) in [6, 6.07) is 13.7. The summed E-state index contributed by atoms with van der Waals surface area (Å²) in [4.78, 5) is 10.5. The van der Waals surface area contributed by atoms with Crippen molar-refractivity contribution >= 4 is 27.5 Å². The molecule has 78 valence electrons. The van der Waals surface area contributed by atoms with Crippen LogP contribution in [-0.4, -0.2) is 4.57 Å². The fourth-order valence-corrected chi connectivity index (χ4v) is 2.21. The zero-order valence-electron chi connectivity index (χ0n) is 8.84. The lowest BCUT2D eigenvalue weighted by Crippen LogP contribution is -1.85. The molecule has 1 heterocycles. The summed E-state index contributed by atoms with van der Waals surface area (Å²) in [5, 5.41) is 5.21. The molecule has 0 N–H and O–H groups in total. The van der Waals surface area contributed by atoms with Crippen LogP contribution in [0.4, 0.5) is 5.69 Å². The molecule has 3 nitrogen and oxygen atoms in total. The minimum Gasteiger partial charge on any atom is -0.344 e. The van der Waals surface area contributed by atoms with Crippen molar-refractivity contribution in [3.8, 4) is 0 Å². The summed E-state index contributed by atoms with van der Waals surface area (Å²) in [5.74, 6) is 0. The molecule has 1 aromatic heterocycles. The Kier molecular flexibility index (Phi) is 1.80. The molecule has 0 aliphatic heterocycles. The number of nitroso groups, excluding NO2 is 1. The Labute approximate surface area is 92.3 Å². The first kappa shape index (κ1) is 9.09. The Balaban J connectivity index is 2.57. The lowest BCUT2D eigenvalue weighted by atomic mass is 10.1. The molecular formula is C13H10N2O. The smallest absolute Gasteiger partial charge is 0.108 e. The van der Waals surface area contributed by atoms with E-state index < -0.39 is 0 Å². The summed E-state index contributed by atoms with van der Waals surface area (Å²) >= 11 is 0. The monoisotopic (exact) mass is 210 g/mol. The van der Waals surface area contributed by atoms with Crippen LogP contribution in [0, 0.1) is 4.91 Å². The Morgan fingerprint density at radius 2 is 1.75 bits per heavy atom. The lowest BCUT2D eigenvalue weighted by molar-refractivity contribution is 1.01. The number of hydrogen-bond acceptors (Lipinski definition) is 2. The molecule has 16 heavy (non-hydrogen) atoms. The van der Waals surface area contributed by atoms with Crippen molar-refractivity contribution in [1.82, 2.24) is 4.57 Å². The van der Waals surface area contributed by atoms with Gasteiger partial charge >= 0.3 is 0 Å². The molecular weight excluding hydrogens is 200 g/mol. The number of hydrogen-bond donors (Lipinski definition) is 0. The molecule has 0 amide bonds. The highest BCUT2D eigenvalue weighted by molar-refractivity contribution is 6.08. The van der Waals surface area contributed by atoms with Gasteiger partial charge in [-0.25, -0.2) is 0 Å². The molecule has 0 unspecified atom stereocenters. The second-order valence-corrected chi connectivity index (χ2v) is 3.87. The van der Waals surface area contributed by atoms with E-state index in [4.69, 9.17) is 0 Å². The molecule has 0 bridgehead atoms. The molecule has 0 aliphatic rings. The van der Waals surface area contributed by atoms with Gasteiger partial charge in [0.15, 0.2) is 0 Å². The van der Waals surface area contributed by atoms with Gasteiger partial charge in [-0.05, 0) is 29.4 Å². The molecule has 0 atom stereocenters. The van der Waals surface area contributed by atoms with Gasteiger partial charge in [0.1, 0.15) is 5.69 Å². The number of fused-ring (bicyclic) bond motifs is 3. The van der Waals surface area contributed by atoms with Crippen molar-refractivity contribution in [3.63, 3.8) is 0 Å². The molecule has 0 radical (unpaired) electrons. The third-order valence-corrected chi connectivity index (χ3v) is 3.00. The number of aryl methyl sites for hydroxylation is 1. The van der Waals surface area contributed by atoms with Gasteiger partial charge in [-0.1, -0.05) is 18.2 Å². The van der Waals surface area contributed by atoms with Crippen molar-refractivity contribution < 1.29 is 0 Å². The average molecular weight is 210 g/mol. The van der Waals surface area contributed by atoms with Crippen molar-refractivity contribution in [2.45, 2.75) is 0 Å². The molecule has 0 aliphatic carbocycles. The molecule has 2 aromatic carbocycles. The zero-order valence-corrected chi connectivity index (χ0v) is 8.84. The molecule has 0 fully saturated rings. The summed E-state index contributed by atoms with van der Waals surface area (Å²) in [7, 11) is 2.03. The number of para-hydroxylation sites is 1. The van der Waals surface area contributed by atoms with E-state index in [1.54, 1.807) is 6.07 Å². The molecule has 3 heteroatoms. The first-order chi connectivity index (χ1) is 7.81. The van der Waals surface area contributed by atoms with E-state index in [1.165, 1.54) is 5.52 Å². The first-order valence-corrected chi connectivity index (χ1v) is 5.12. The quantitative estimate of drug-likeness (QED) is 0.563. The van der Waals surface area contributed by atoms with Crippen molar-refractivity contribution in [1.29, 1.82) is 0 Å². The average Bonchev–Trinajstić information content (AvgIpc) is 2.64. The molecule has 0 saturated carbocycles. The van der Waals surface area contributed by atoms with Crippen LogP contribution in [-0.2, 0) is 7.05 Å². The fourth-order valence-electron chi connectivity index (χ4n) is 2.21. The van der Waals surface area contributed by atoms with Gasteiger partial charge in [-0.15, -0.1) is 4.91 Å². The van der Waals surface area contributed by atoms with Crippen molar-refractivity contribution in [3.05, 3.63) is 47.4 Å². The van der Waals surface area contributed by atoms with Crippen LogP contribution in [0.1, 0.15) is 0 Å².